The second-order valence-electron chi connectivity index (χ2n) is 3.33. The lowest BCUT2D eigenvalue weighted by Gasteiger charge is -1.89. The van der Waals surface area contributed by atoms with Crippen LogP contribution in [-0.4, -0.2) is 6.54 Å². The molecule has 0 aromatic heterocycles. The van der Waals surface area contributed by atoms with Gasteiger partial charge in [-0.05, 0) is 24.9 Å². The van der Waals surface area contributed by atoms with Crippen molar-refractivity contribution >= 4 is 0 Å². The highest BCUT2D eigenvalue weighted by atomic mass is 14.5. The predicted molar refractivity (Wildman–Crippen MR) is 82.5 cm³/mol. The topological polar surface area (TPSA) is 26.0 Å². The molecule has 1 rings (SSSR count). The lowest BCUT2D eigenvalue weighted by atomic mass is 10.2. The Labute approximate surface area is 109 Å². The van der Waals surface area contributed by atoms with Crippen LogP contribution in [0.2, 0.25) is 0 Å². The van der Waals surface area contributed by atoms with Crippen molar-refractivity contribution in [3.8, 4) is 0 Å². The van der Waals surface area contributed by atoms with E-state index in [0.29, 0.717) is 0 Å². The van der Waals surface area contributed by atoms with E-state index < -0.39 is 0 Å². The summed E-state index contributed by atoms with van der Waals surface area (Å²) >= 11 is 0. The van der Waals surface area contributed by atoms with E-state index in [1.807, 2.05) is 19.9 Å². The van der Waals surface area contributed by atoms with Crippen molar-refractivity contribution in [3.63, 3.8) is 0 Å². The van der Waals surface area contributed by atoms with Crippen LogP contribution in [-0.2, 0) is 6.42 Å². The average molecular weight is 239 g/mol. The van der Waals surface area contributed by atoms with Crippen LogP contribution in [0.15, 0.2) is 30.3 Å². The number of rotatable bonds is 2. The van der Waals surface area contributed by atoms with Gasteiger partial charge in [-0.3, -0.25) is 0 Å². The molecule has 2 N–H and O–H groups in total. The first-order valence-corrected chi connectivity index (χ1v) is 7.00. The largest absolute Gasteiger partial charge is 0.330 e. The summed E-state index contributed by atoms with van der Waals surface area (Å²) in [5.41, 5.74) is 6.44. The van der Waals surface area contributed by atoms with E-state index in [-0.39, 0.29) is 0 Å². The van der Waals surface area contributed by atoms with Gasteiger partial charge >= 0.3 is 0 Å². The molecule has 0 atom stereocenters. The standard InChI is InChI=1S/C8H10.C3H9N.C3H8.C2H6/c1-2-8-6-4-3-5-7-8;1-2-3-4;1-3-2;1-2/h3-7H,2H2,1H3;2-4H2,1H3;3H2,1-2H3;1-2H3. The summed E-state index contributed by atoms with van der Waals surface area (Å²) in [7, 11) is 0. The maximum Gasteiger partial charge on any atom is -0.00799 e. The van der Waals surface area contributed by atoms with Crippen LogP contribution in [0.4, 0.5) is 0 Å². The molecular weight excluding hydrogens is 206 g/mol. The molecule has 1 aromatic rings. The summed E-state index contributed by atoms with van der Waals surface area (Å²) in [5, 5.41) is 0. The fraction of sp³-hybridized carbons (Fsp3) is 0.625. The van der Waals surface area contributed by atoms with Crippen LogP contribution >= 0.6 is 0 Å². The summed E-state index contributed by atoms with van der Waals surface area (Å²) in [6.45, 7) is 13.3. The summed E-state index contributed by atoms with van der Waals surface area (Å²) in [6, 6.07) is 10.5. The van der Waals surface area contributed by atoms with Crippen molar-refractivity contribution in [1.82, 2.24) is 0 Å². The Hall–Kier alpha value is -0.820. The van der Waals surface area contributed by atoms with E-state index in [9.17, 15) is 0 Å². The first-order chi connectivity index (χ1) is 8.26. The Morgan fingerprint density at radius 1 is 0.882 bits per heavy atom. The Kier molecular flexibility index (Phi) is 30.8. The lowest BCUT2D eigenvalue weighted by Crippen LogP contribution is -1.93. The second-order valence-corrected chi connectivity index (χ2v) is 3.33. The van der Waals surface area contributed by atoms with Gasteiger partial charge in [0.05, 0.1) is 0 Å². The van der Waals surface area contributed by atoms with Crippen molar-refractivity contribution in [2.45, 2.75) is 60.8 Å². The summed E-state index contributed by atoms with van der Waals surface area (Å²) in [4.78, 5) is 0. The number of hydrogen-bond donors (Lipinski definition) is 1. The molecule has 0 radical (unpaired) electrons. The first kappa shape index (κ1) is 21.5. The van der Waals surface area contributed by atoms with Crippen LogP contribution in [0.1, 0.15) is 59.9 Å². The highest BCUT2D eigenvalue weighted by molar-refractivity contribution is 5.13. The molecule has 102 valence electrons. The van der Waals surface area contributed by atoms with Gasteiger partial charge in [0.15, 0.2) is 0 Å². The molecule has 1 nitrogen and oxygen atoms in total. The number of nitrogens with two attached hydrogens (primary N) is 1. The molecule has 0 fully saturated rings. The maximum absolute atomic E-state index is 5.03. The third-order valence-corrected chi connectivity index (χ3v) is 1.54. The Morgan fingerprint density at radius 2 is 1.24 bits per heavy atom. The highest BCUT2D eigenvalue weighted by Crippen LogP contribution is 1.96. The molecule has 0 amide bonds. The minimum Gasteiger partial charge on any atom is -0.330 e. The zero-order valence-electron chi connectivity index (χ0n) is 12.8. The van der Waals surface area contributed by atoms with Crippen LogP contribution in [0.25, 0.3) is 0 Å². The van der Waals surface area contributed by atoms with Gasteiger partial charge in [-0.25, -0.2) is 0 Å². The van der Waals surface area contributed by atoms with Crippen LogP contribution in [0.5, 0.6) is 0 Å². The minimum absolute atomic E-state index is 0.819. The molecule has 0 bridgehead atoms. The van der Waals surface area contributed by atoms with E-state index in [1.54, 1.807) is 0 Å². The molecule has 0 aliphatic carbocycles. The van der Waals surface area contributed by atoms with Crippen LogP contribution in [0.3, 0.4) is 0 Å². The number of hydrogen-bond acceptors (Lipinski definition) is 1. The Morgan fingerprint density at radius 3 is 1.41 bits per heavy atom. The van der Waals surface area contributed by atoms with Crippen molar-refractivity contribution in [2.24, 2.45) is 5.73 Å². The van der Waals surface area contributed by atoms with E-state index >= 15 is 0 Å². The molecule has 0 unspecified atom stereocenters. The molecular formula is C16H33N. The number of aryl methyl sites for hydroxylation is 1. The average Bonchev–Trinajstić information content (AvgIpc) is 2.43. The van der Waals surface area contributed by atoms with Crippen LogP contribution < -0.4 is 5.73 Å². The second kappa shape index (κ2) is 24.4. The molecule has 0 aliphatic heterocycles. The van der Waals surface area contributed by atoms with Gasteiger partial charge in [0.1, 0.15) is 0 Å². The summed E-state index contributed by atoms with van der Waals surface area (Å²) in [6.07, 6.45) is 3.49. The Bertz CT molecular complexity index is 180. The predicted octanol–water partition coefficient (Wildman–Crippen LogP) is 5.05. The van der Waals surface area contributed by atoms with Crippen molar-refractivity contribution in [1.29, 1.82) is 0 Å². The van der Waals surface area contributed by atoms with E-state index in [1.165, 1.54) is 12.0 Å². The smallest absolute Gasteiger partial charge is 0.00799 e. The molecule has 0 saturated carbocycles. The zero-order chi connectivity index (χ0) is 13.9. The molecule has 0 heterocycles. The van der Waals surface area contributed by atoms with E-state index in [2.05, 4.69) is 52.0 Å². The van der Waals surface area contributed by atoms with Gasteiger partial charge in [-0.2, -0.15) is 0 Å². The highest BCUT2D eigenvalue weighted by Gasteiger charge is 1.79. The van der Waals surface area contributed by atoms with Crippen molar-refractivity contribution in [2.75, 3.05) is 6.54 Å². The van der Waals surface area contributed by atoms with E-state index in [0.717, 1.165) is 19.4 Å². The zero-order valence-corrected chi connectivity index (χ0v) is 12.8. The lowest BCUT2D eigenvalue weighted by molar-refractivity contribution is 0.932. The first-order valence-electron chi connectivity index (χ1n) is 7.00. The van der Waals surface area contributed by atoms with Gasteiger partial charge in [0, 0.05) is 0 Å². The third kappa shape index (κ3) is 25.4. The van der Waals surface area contributed by atoms with Crippen LogP contribution in [0, 0.1) is 0 Å². The number of benzene rings is 1. The van der Waals surface area contributed by atoms with Gasteiger partial charge in [-0.15, -0.1) is 0 Å². The fourth-order valence-corrected chi connectivity index (χ4v) is 0.714. The van der Waals surface area contributed by atoms with Gasteiger partial charge in [-0.1, -0.05) is 78.3 Å². The van der Waals surface area contributed by atoms with Gasteiger partial charge < -0.3 is 5.73 Å². The normalized spacial score (nSPS) is 7.47. The molecule has 1 heteroatoms. The minimum atomic E-state index is 0.819. The molecule has 0 spiro atoms. The third-order valence-electron chi connectivity index (χ3n) is 1.54. The van der Waals surface area contributed by atoms with Crippen molar-refractivity contribution in [3.05, 3.63) is 35.9 Å². The monoisotopic (exact) mass is 239 g/mol. The molecule has 0 saturated heterocycles. The molecule has 17 heavy (non-hydrogen) atoms. The van der Waals surface area contributed by atoms with Gasteiger partial charge in [0.2, 0.25) is 0 Å². The van der Waals surface area contributed by atoms with Crippen molar-refractivity contribution < 1.29 is 0 Å². The quantitative estimate of drug-likeness (QED) is 0.768. The summed E-state index contributed by atoms with van der Waals surface area (Å²) in [5.74, 6) is 0. The molecule has 1 aromatic carbocycles. The Balaban J connectivity index is -0.000000186. The molecule has 0 aliphatic rings. The maximum atomic E-state index is 5.03. The van der Waals surface area contributed by atoms with Gasteiger partial charge in [0.25, 0.3) is 0 Å². The van der Waals surface area contributed by atoms with E-state index in [4.69, 9.17) is 5.73 Å². The summed E-state index contributed by atoms with van der Waals surface area (Å²) < 4.78 is 0. The fourth-order valence-electron chi connectivity index (χ4n) is 0.714. The SMILES string of the molecule is CC.CCC.CCCN.CCc1ccccc1.